The Kier molecular flexibility index (Phi) is 12.0. The lowest BCUT2D eigenvalue weighted by Gasteiger charge is -2.27. The first-order valence-corrected chi connectivity index (χ1v) is 11.5. The molecule has 12 nitrogen and oxygen atoms in total. The van der Waals surface area contributed by atoms with Gasteiger partial charge in [0.05, 0.1) is 12.5 Å². The summed E-state index contributed by atoms with van der Waals surface area (Å²) in [6, 6.07) is 0.829. The standard InChI is InChI=1S/C22H32N4O8S/c1-3-11(2)18(26-20(31)16(10-35)25-19(30)14(23)9-17(28)29)21(32)24-15(22(33)34)8-12-4-6-13(27)7-5-12/h4-7,11,14-16,18,27,35H,3,8-10,23H2,1-2H3,(H,24,32)(H,25,30)(H,26,31)(H,28,29)(H,33,34). The van der Waals surface area contributed by atoms with E-state index in [0.29, 0.717) is 12.0 Å². The van der Waals surface area contributed by atoms with Crippen molar-refractivity contribution in [2.24, 2.45) is 11.7 Å². The minimum atomic E-state index is -1.38. The van der Waals surface area contributed by atoms with E-state index in [4.69, 9.17) is 10.8 Å². The third-order valence-corrected chi connectivity index (χ3v) is 5.70. The first kappa shape index (κ1) is 29.7. The molecule has 194 valence electrons. The maximum atomic E-state index is 13.0. The van der Waals surface area contributed by atoms with Gasteiger partial charge in [-0.3, -0.25) is 19.2 Å². The van der Waals surface area contributed by atoms with E-state index in [-0.39, 0.29) is 17.9 Å². The Bertz CT molecular complexity index is 911. The number of phenolic OH excluding ortho intramolecular Hbond substituents is 1. The highest BCUT2D eigenvalue weighted by Gasteiger charge is 2.32. The van der Waals surface area contributed by atoms with E-state index in [1.165, 1.54) is 24.3 Å². The lowest BCUT2D eigenvalue weighted by Crippen LogP contribution is -2.59. The number of aliphatic carboxylic acids is 2. The number of carboxylic acids is 2. The summed E-state index contributed by atoms with van der Waals surface area (Å²) in [7, 11) is 0. The van der Waals surface area contributed by atoms with Crippen molar-refractivity contribution in [2.75, 3.05) is 5.75 Å². The zero-order valence-corrected chi connectivity index (χ0v) is 20.3. The molecule has 1 rings (SSSR count). The monoisotopic (exact) mass is 512 g/mol. The van der Waals surface area contributed by atoms with Gasteiger partial charge in [0.15, 0.2) is 0 Å². The topological polar surface area (TPSA) is 208 Å². The van der Waals surface area contributed by atoms with Crippen molar-refractivity contribution >= 4 is 42.3 Å². The van der Waals surface area contributed by atoms with Gasteiger partial charge in [0, 0.05) is 12.2 Å². The molecule has 0 aliphatic heterocycles. The van der Waals surface area contributed by atoms with E-state index in [1.807, 2.05) is 0 Å². The summed E-state index contributed by atoms with van der Waals surface area (Å²) >= 11 is 4.03. The molecular weight excluding hydrogens is 480 g/mol. The highest BCUT2D eigenvalue weighted by molar-refractivity contribution is 7.80. The number of phenols is 1. The van der Waals surface area contributed by atoms with Gasteiger partial charge in [0.2, 0.25) is 17.7 Å². The molecule has 13 heteroatoms. The minimum absolute atomic E-state index is 0.0129. The molecule has 0 radical (unpaired) electrons. The number of hydrogen-bond acceptors (Lipinski definition) is 8. The van der Waals surface area contributed by atoms with Crippen LogP contribution in [-0.4, -0.2) is 74.9 Å². The Morgan fingerprint density at radius 3 is 2.00 bits per heavy atom. The number of nitrogens with one attached hydrogen (secondary N) is 3. The van der Waals surface area contributed by atoms with Crippen molar-refractivity contribution in [3.8, 4) is 5.75 Å². The van der Waals surface area contributed by atoms with E-state index >= 15 is 0 Å². The summed E-state index contributed by atoms with van der Waals surface area (Å²) in [5.74, 6) is -5.47. The number of carbonyl (C=O) groups excluding carboxylic acids is 3. The molecule has 5 unspecified atom stereocenters. The van der Waals surface area contributed by atoms with Crippen molar-refractivity contribution in [2.45, 2.75) is 57.3 Å². The lowest BCUT2D eigenvalue weighted by molar-refractivity contribution is -0.142. The fraction of sp³-hybridized carbons (Fsp3) is 0.500. The molecular formula is C22H32N4O8S. The summed E-state index contributed by atoms with van der Waals surface area (Å²) in [6.45, 7) is 3.47. The molecule has 5 atom stereocenters. The molecule has 0 saturated carbocycles. The van der Waals surface area contributed by atoms with Crippen molar-refractivity contribution in [1.82, 2.24) is 16.0 Å². The van der Waals surface area contributed by atoms with Crippen LogP contribution in [-0.2, 0) is 30.4 Å². The Labute approximate surface area is 208 Å². The normalized spacial score (nSPS) is 15.1. The summed E-state index contributed by atoms with van der Waals surface area (Å²) in [4.78, 5) is 60.4. The molecule has 0 saturated heterocycles. The average Bonchev–Trinajstić information content (AvgIpc) is 2.80. The number of nitrogens with two attached hydrogens (primary N) is 1. The van der Waals surface area contributed by atoms with E-state index in [2.05, 4.69) is 28.6 Å². The zero-order chi connectivity index (χ0) is 26.7. The van der Waals surface area contributed by atoms with E-state index in [0.717, 1.165) is 0 Å². The molecule has 0 spiro atoms. The number of rotatable bonds is 14. The molecule has 0 aliphatic carbocycles. The molecule has 0 aromatic heterocycles. The maximum absolute atomic E-state index is 13.0. The molecule has 0 aliphatic rings. The number of hydrogen-bond donors (Lipinski definition) is 8. The number of carboxylic acid groups (broad SMARTS) is 2. The van der Waals surface area contributed by atoms with Gasteiger partial charge in [-0.05, 0) is 23.6 Å². The fourth-order valence-electron chi connectivity index (χ4n) is 3.04. The maximum Gasteiger partial charge on any atom is 0.326 e. The molecule has 3 amide bonds. The summed E-state index contributed by atoms with van der Waals surface area (Å²) < 4.78 is 0. The smallest absolute Gasteiger partial charge is 0.326 e. The van der Waals surface area contributed by atoms with Gasteiger partial charge in [0.25, 0.3) is 0 Å². The molecule has 35 heavy (non-hydrogen) atoms. The first-order chi connectivity index (χ1) is 16.4. The van der Waals surface area contributed by atoms with Crippen molar-refractivity contribution in [1.29, 1.82) is 0 Å². The Morgan fingerprint density at radius 2 is 1.51 bits per heavy atom. The quantitative estimate of drug-likeness (QED) is 0.147. The van der Waals surface area contributed by atoms with E-state index in [1.54, 1.807) is 13.8 Å². The summed E-state index contributed by atoms with van der Waals surface area (Å²) in [5.41, 5.74) is 6.08. The number of thiol groups is 1. The largest absolute Gasteiger partial charge is 0.508 e. The van der Waals surface area contributed by atoms with Crippen LogP contribution >= 0.6 is 12.6 Å². The Hall–Kier alpha value is -3.32. The highest BCUT2D eigenvalue weighted by atomic mass is 32.1. The van der Waals surface area contributed by atoms with Crippen LogP contribution in [0.1, 0.15) is 32.3 Å². The number of amides is 3. The second-order valence-electron chi connectivity index (χ2n) is 8.09. The van der Waals surface area contributed by atoms with Crippen LogP contribution in [0.4, 0.5) is 0 Å². The van der Waals surface area contributed by atoms with Crippen LogP contribution in [0.5, 0.6) is 5.75 Å². The van der Waals surface area contributed by atoms with Crippen LogP contribution in [0.25, 0.3) is 0 Å². The van der Waals surface area contributed by atoms with Crippen LogP contribution in [0.3, 0.4) is 0 Å². The Balaban J connectivity index is 2.94. The predicted molar refractivity (Wildman–Crippen MR) is 129 cm³/mol. The predicted octanol–water partition coefficient (Wildman–Crippen LogP) is -0.748. The highest BCUT2D eigenvalue weighted by Crippen LogP contribution is 2.13. The third-order valence-electron chi connectivity index (χ3n) is 5.33. The van der Waals surface area contributed by atoms with Gasteiger partial charge in [-0.1, -0.05) is 32.4 Å². The fourth-order valence-corrected chi connectivity index (χ4v) is 3.30. The van der Waals surface area contributed by atoms with Crippen LogP contribution in [0.2, 0.25) is 0 Å². The van der Waals surface area contributed by atoms with Gasteiger partial charge in [-0.15, -0.1) is 0 Å². The minimum Gasteiger partial charge on any atom is -0.508 e. The van der Waals surface area contributed by atoms with Crippen molar-refractivity contribution < 1.29 is 39.3 Å². The Morgan fingerprint density at radius 1 is 0.943 bits per heavy atom. The van der Waals surface area contributed by atoms with Gasteiger partial charge >= 0.3 is 11.9 Å². The van der Waals surface area contributed by atoms with Crippen molar-refractivity contribution in [3.05, 3.63) is 29.8 Å². The third kappa shape index (κ3) is 9.83. The summed E-state index contributed by atoms with van der Waals surface area (Å²) in [6.07, 6.45) is -0.225. The molecule has 8 N–H and O–H groups in total. The average molecular weight is 513 g/mol. The number of benzene rings is 1. The van der Waals surface area contributed by atoms with Crippen molar-refractivity contribution in [3.63, 3.8) is 0 Å². The van der Waals surface area contributed by atoms with Gasteiger partial charge in [-0.2, -0.15) is 12.6 Å². The number of aromatic hydroxyl groups is 1. The molecule has 1 aromatic carbocycles. The van der Waals surface area contributed by atoms with E-state index in [9.17, 15) is 34.2 Å². The van der Waals surface area contributed by atoms with E-state index < -0.39 is 66.2 Å². The molecule has 1 aromatic rings. The molecule has 0 fully saturated rings. The lowest BCUT2D eigenvalue weighted by atomic mass is 9.97. The molecule has 0 bridgehead atoms. The summed E-state index contributed by atoms with van der Waals surface area (Å²) in [5, 5.41) is 35.0. The zero-order valence-electron chi connectivity index (χ0n) is 19.4. The van der Waals surface area contributed by atoms with Gasteiger partial charge < -0.3 is 37.0 Å². The number of carbonyl (C=O) groups is 5. The molecule has 0 heterocycles. The SMILES string of the molecule is CCC(C)C(NC(=O)C(CS)NC(=O)C(N)CC(=O)O)C(=O)NC(Cc1ccc(O)cc1)C(=O)O. The second-order valence-corrected chi connectivity index (χ2v) is 8.46. The van der Waals surface area contributed by atoms with Crippen LogP contribution < -0.4 is 21.7 Å². The second kappa shape index (κ2) is 14.2. The van der Waals surface area contributed by atoms with Gasteiger partial charge in [-0.25, -0.2) is 4.79 Å². The first-order valence-electron chi connectivity index (χ1n) is 10.9. The van der Waals surface area contributed by atoms with Crippen LogP contribution in [0, 0.1) is 5.92 Å². The van der Waals surface area contributed by atoms with Gasteiger partial charge in [0.1, 0.15) is 23.9 Å². The van der Waals surface area contributed by atoms with Crippen LogP contribution in [0.15, 0.2) is 24.3 Å².